The molecule has 6 rings (SSSR count). The van der Waals surface area contributed by atoms with Crippen molar-refractivity contribution in [3.8, 4) is 0 Å². The van der Waals surface area contributed by atoms with Crippen molar-refractivity contribution in [3.63, 3.8) is 0 Å². The third-order valence-corrected chi connectivity index (χ3v) is 12.7. The molecule has 0 spiro atoms. The Bertz CT molecular complexity index is 1720. The summed E-state index contributed by atoms with van der Waals surface area (Å²) < 4.78 is 164. The summed E-state index contributed by atoms with van der Waals surface area (Å²) in [7, 11) is 0. The molecule has 13 heteroatoms. The van der Waals surface area contributed by atoms with Crippen LogP contribution in [0.3, 0.4) is 0 Å². The van der Waals surface area contributed by atoms with Crippen molar-refractivity contribution >= 4 is 23.3 Å². The van der Waals surface area contributed by atoms with Crippen molar-refractivity contribution in [2.75, 3.05) is 0 Å². The third-order valence-electron chi connectivity index (χ3n) is 8.03. The van der Waals surface area contributed by atoms with E-state index < -0.39 is 77.4 Å². The van der Waals surface area contributed by atoms with Gasteiger partial charge in [-0.05, 0) is 0 Å². The second-order valence-corrected chi connectivity index (χ2v) is 14.7. The van der Waals surface area contributed by atoms with Gasteiger partial charge in [-0.15, -0.1) is 0 Å². The van der Waals surface area contributed by atoms with E-state index in [1.807, 2.05) is 0 Å². The van der Waals surface area contributed by atoms with Crippen LogP contribution in [-0.2, 0) is 47.9 Å². The van der Waals surface area contributed by atoms with E-state index >= 15 is 0 Å². The fourth-order valence-corrected chi connectivity index (χ4v) is 11.0. The maximum absolute atomic E-state index is 13.8. The average molecular weight is 746 g/mol. The van der Waals surface area contributed by atoms with Gasteiger partial charge in [0.25, 0.3) is 0 Å². The van der Waals surface area contributed by atoms with E-state index in [2.05, 4.69) is 0 Å². The van der Waals surface area contributed by atoms with Crippen LogP contribution in [0, 0.1) is 0 Å². The van der Waals surface area contributed by atoms with E-state index in [9.17, 15) is 52.7 Å². The van der Waals surface area contributed by atoms with Crippen molar-refractivity contribution < 1.29 is 75.9 Å². The molecule has 0 amide bonds. The summed E-state index contributed by atoms with van der Waals surface area (Å²) in [6, 6.07) is 15.9. The van der Waals surface area contributed by atoms with Gasteiger partial charge >= 0.3 is 272 Å². The second-order valence-electron chi connectivity index (χ2n) is 11.1. The zero-order valence-electron chi connectivity index (χ0n) is 23.4. The van der Waals surface area contributed by atoms with Crippen LogP contribution >= 0.6 is 0 Å². The topological polar surface area (TPSA) is 0 Å². The third kappa shape index (κ3) is 6.60. The number of allylic oxidation sites excluding steroid dienone is 2. The van der Waals surface area contributed by atoms with E-state index in [0.29, 0.717) is 46.5 Å². The molecule has 2 aliphatic rings. The summed E-state index contributed by atoms with van der Waals surface area (Å²) in [6.07, 6.45) is -17.4. The summed E-state index contributed by atoms with van der Waals surface area (Å²) >= 11 is -2.29. The molecule has 0 nitrogen and oxygen atoms in total. The van der Waals surface area contributed by atoms with Gasteiger partial charge in [-0.2, -0.15) is 0 Å². The van der Waals surface area contributed by atoms with Gasteiger partial charge in [0.05, 0.1) is 0 Å². The van der Waals surface area contributed by atoms with Crippen LogP contribution < -0.4 is 0 Å². The van der Waals surface area contributed by atoms with Gasteiger partial charge in [-0.3, -0.25) is 0 Å². The summed E-state index contributed by atoms with van der Waals surface area (Å²) in [4.78, 5) is 0. The van der Waals surface area contributed by atoms with Gasteiger partial charge in [-0.25, -0.2) is 0 Å². The van der Waals surface area contributed by atoms with Crippen LogP contribution in [-0.4, -0.2) is 0 Å². The molecular weight excluding hydrogens is 728 g/mol. The van der Waals surface area contributed by atoms with Gasteiger partial charge in [0.2, 0.25) is 0 Å². The summed E-state index contributed by atoms with van der Waals surface area (Å²) in [6.45, 7) is 0. The SMILES string of the molecule is FC(F)(F)c1cc(C2=Cc3ccccc3[CH]2[Zr][CH]2C(c3cc(C(F)(F)F)cc(C(F)(F)F)c3)=Cc3ccccc32)cc(C(F)(F)F)c1. The first kappa shape index (κ1) is 33.3. The molecule has 0 heterocycles. The van der Waals surface area contributed by atoms with Gasteiger partial charge in [0, 0.05) is 0 Å². The standard InChI is InChI=1S/2C17H9F6.Zr/c2*18-16(19,20)14-7-13(8-15(9-14)17(21,22)23)12-5-10-3-1-2-4-11(10)6-12;/h2*1-9H;. The van der Waals surface area contributed by atoms with Crippen molar-refractivity contribution in [1.82, 2.24) is 0 Å². The van der Waals surface area contributed by atoms with Crippen LogP contribution in [0.4, 0.5) is 52.7 Å². The molecule has 4 aromatic carbocycles. The molecule has 2 unspecified atom stereocenters. The quantitative estimate of drug-likeness (QED) is 0.183. The first-order chi connectivity index (χ1) is 21.8. The van der Waals surface area contributed by atoms with Crippen molar-refractivity contribution in [2.45, 2.75) is 32.0 Å². The molecular formula is C34H18F12Zr. The molecule has 242 valence electrons. The molecule has 2 atom stereocenters. The molecule has 0 radical (unpaired) electrons. The van der Waals surface area contributed by atoms with Gasteiger partial charge in [-0.1, -0.05) is 0 Å². The number of benzene rings is 4. The summed E-state index contributed by atoms with van der Waals surface area (Å²) in [5.74, 6) is 0. The zero-order chi connectivity index (χ0) is 34.1. The van der Waals surface area contributed by atoms with Gasteiger partial charge in [0.1, 0.15) is 0 Å². The fourth-order valence-electron chi connectivity index (χ4n) is 5.92. The maximum atomic E-state index is 13.8. The van der Waals surface area contributed by atoms with Crippen molar-refractivity contribution in [1.29, 1.82) is 0 Å². The predicted octanol–water partition coefficient (Wildman–Crippen LogP) is 11.7. The molecule has 4 aromatic rings. The normalized spacial score (nSPS) is 18.0. The summed E-state index contributed by atoms with van der Waals surface area (Å²) in [5.41, 5.74) is -3.95. The van der Waals surface area contributed by atoms with Gasteiger partial charge < -0.3 is 0 Å². The Morgan fingerprint density at radius 3 is 1.00 bits per heavy atom. The van der Waals surface area contributed by atoms with Crippen molar-refractivity contribution in [2.24, 2.45) is 0 Å². The van der Waals surface area contributed by atoms with Crippen LogP contribution in [0.5, 0.6) is 0 Å². The molecule has 0 aromatic heterocycles. The number of alkyl halides is 12. The minimum atomic E-state index is -5.10. The van der Waals surface area contributed by atoms with E-state index in [0.717, 1.165) is 0 Å². The number of halogens is 12. The number of rotatable bonds is 4. The second kappa shape index (κ2) is 11.5. The monoisotopic (exact) mass is 744 g/mol. The molecule has 0 aliphatic heterocycles. The van der Waals surface area contributed by atoms with E-state index in [4.69, 9.17) is 0 Å². The predicted molar refractivity (Wildman–Crippen MR) is 147 cm³/mol. The Morgan fingerprint density at radius 1 is 0.404 bits per heavy atom. The number of hydrogen-bond donors (Lipinski definition) is 0. The first-order valence-corrected chi connectivity index (χ1v) is 16.6. The van der Waals surface area contributed by atoms with Crippen molar-refractivity contribution in [3.05, 3.63) is 141 Å². The molecule has 47 heavy (non-hydrogen) atoms. The fraction of sp³-hybridized carbons (Fsp3) is 0.176. The Morgan fingerprint density at radius 2 is 0.702 bits per heavy atom. The first-order valence-electron chi connectivity index (χ1n) is 13.8. The Balaban J connectivity index is 1.51. The Kier molecular flexibility index (Phi) is 8.17. The molecule has 0 fully saturated rings. The van der Waals surface area contributed by atoms with Crippen LogP contribution in [0.25, 0.3) is 23.3 Å². The Labute approximate surface area is 271 Å². The molecule has 0 saturated carbocycles. The van der Waals surface area contributed by atoms with E-state index in [-0.39, 0.29) is 34.4 Å². The Hall–Kier alpha value is -3.60. The number of fused-ring (bicyclic) bond motifs is 2. The molecule has 0 bridgehead atoms. The van der Waals surface area contributed by atoms with E-state index in [1.165, 1.54) is 12.2 Å². The zero-order valence-corrected chi connectivity index (χ0v) is 25.9. The number of hydrogen-bond acceptors (Lipinski definition) is 0. The average Bonchev–Trinajstić information content (AvgIpc) is 3.54. The molecule has 0 saturated heterocycles. The summed E-state index contributed by atoms with van der Waals surface area (Å²) in [5, 5.41) is 0. The molecule has 2 aliphatic carbocycles. The van der Waals surface area contributed by atoms with Gasteiger partial charge in [0.15, 0.2) is 0 Å². The molecule has 0 N–H and O–H groups in total. The minimum absolute atomic E-state index is 0.0289. The van der Waals surface area contributed by atoms with E-state index in [1.54, 1.807) is 48.5 Å². The van der Waals surface area contributed by atoms with Crippen LogP contribution in [0.2, 0.25) is 0 Å². The van der Waals surface area contributed by atoms with Crippen LogP contribution in [0.15, 0.2) is 84.9 Å². The van der Waals surface area contributed by atoms with Crippen LogP contribution in [0.1, 0.15) is 62.9 Å².